The average Bonchev–Trinajstić information content (AvgIpc) is 2.28. The zero-order chi connectivity index (χ0) is 12.4. The van der Waals surface area contributed by atoms with Crippen molar-refractivity contribution in [3.63, 3.8) is 0 Å². The number of nitrogens with two attached hydrogens (primary N) is 1. The van der Waals surface area contributed by atoms with Gasteiger partial charge >= 0.3 is 0 Å². The van der Waals surface area contributed by atoms with Crippen LogP contribution >= 0.6 is 12.2 Å². The standard InChI is InChI=1S/C12H15FN2OS/c1-8-7-15(4-5-16-8)11-3-2-9(12(14)17)6-10(11)13/h2-3,6,8H,4-5,7H2,1H3,(H2,14,17). The van der Waals surface area contributed by atoms with Gasteiger partial charge in [0.2, 0.25) is 0 Å². The molecule has 3 nitrogen and oxygen atoms in total. The highest BCUT2D eigenvalue weighted by atomic mass is 32.1. The maximum atomic E-state index is 13.9. The number of hydrogen-bond donors (Lipinski definition) is 1. The van der Waals surface area contributed by atoms with Crippen LogP contribution in [0.1, 0.15) is 12.5 Å². The molecule has 5 heteroatoms. The Hall–Kier alpha value is -1.20. The van der Waals surface area contributed by atoms with E-state index in [0.717, 1.165) is 0 Å². The second kappa shape index (κ2) is 4.98. The molecule has 1 heterocycles. The van der Waals surface area contributed by atoms with Crippen LogP contribution in [0.2, 0.25) is 0 Å². The molecule has 1 aliphatic rings. The quantitative estimate of drug-likeness (QED) is 0.815. The number of anilines is 1. The van der Waals surface area contributed by atoms with Crippen LogP contribution in [0.25, 0.3) is 0 Å². The predicted molar refractivity (Wildman–Crippen MR) is 69.9 cm³/mol. The van der Waals surface area contributed by atoms with Crippen LogP contribution in [-0.4, -0.2) is 30.8 Å². The Balaban J connectivity index is 2.23. The van der Waals surface area contributed by atoms with E-state index in [9.17, 15) is 4.39 Å². The highest BCUT2D eigenvalue weighted by molar-refractivity contribution is 7.80. The summed E-state index contributed by atoms with van der Waals surface area (Å²) in [6.07, 6.45) is 0.124. The Morgan fingerprint density at radius 2 is 2.35 bits per heavy atom. The first-order valence-electron chi connectivity index (χ1n) is 5.54. The molecule has 0 aliphatic carbocycles. The van der Waals surface area contributed by atoms with Crippen molar-refractivity contribution in [1.82, 2.24) is 0 Å². The van der Waals surface area contributed by atoms with Gasteiger partial charge in [0.25, 0.3) is 0 Å². The Morgan fingerprint density at radius 3 is 2.94 bits per heavy atom. The third-order valence-electron chi connectivity index (χ3n) is 2.81. The first kappa shape index (κ1) is 12.3. The van der Waals surface area contributed by atoms with Crippen LogP contribution in [-0.2, 0) is 4.74 Å². The van der Waals surface area contributed by atoms with Gasteiger partial charge in [0.1, 0.15) is 10.8 Å². The van der Waals surface area contributed by atoms with E-state index in [-0.39, 0.29) is 16.9 Å². The van der Waals surface area contributed by atoms with Gasteiger partial charge in [0.05, 0.1) is 18.4 Å². The molecule has 1 aromatic rings. The van der Waals surface area contributed by atoms with Crippen LogP contribution in [0.4, 0.5) is 10.1 Å². The van der Waals surface area contributed by atoms with Crippen LogP contribution in [0.3, 0.4) is 0 Å². The van der Waals surface area contributed by atoms with Crippen molar-refractivity contribution in [2.45, 2.75) is 13.0 Å². The van der Waals surface area contributed by atoms with Crippen molar-refractivity contribution in [3.05, 3.63) is 29.6 Å². The smallest absolute Gasteiger partial charge is 0.147 e. The zero-order valence-corrected chi connectivity index (χ0v) is 10.5. The Kier molecular flexibility index (Phi) is 3.59. The fraction of sp³-hybridized carbons (Fsp3) is 0.417. The minimum Gasteiger partial charge on any atom is -0.389 e. The summed E-state index contributed by atoms with van der Waals surface area (Å²) in [6.45, 7) is 4.00. The van der Waals surface area contributed by atoms with Crippen molar-refractivity contribution in [2.75, 3.05) is 24.6 Å². The van der Waals surface area contributed by atoms with E-state index in [0.29, 0.717) is 30.9 Å². The third-order valence-corrected chi connectivity index (χ3v) is 3.05. The summed E-state index contributed by atoms with van der Waals surface area (Å²) in [7, 11) is 0. The lowest BCUT2D eigenvalue weighted by molar-refractivity contribution is 0.0530. The van der Waals surface area contributed by atoms with E-state index in [4.69, 9.17) is 22.7 Å². The third kappa shape index (κ3) is 2.73. The minimum absolute atomic E-state index is 0.124. The molecule has 92 valence electrons. The monoisotopic (exact) mass is 254 g/mol. The van der Waals surface area contributed by atoms with Crippen LogP contribution in [0.5, 0.6) is 0 Å². The van der Waals surface area contributed by atoms with Gasteiger partial charge in [-0.2, -0.15) is 0 Å². The summed E-state index contributed by atoms with van der Waals surface area (Å²) in [5, 5.41) is 0. The molecule has 1 unspecified atom stereocenters. The van der Waals surface area contributed by atoms with E-state index in [1.165, 1.54) is 6.07 Å². The lowest BCUT2D eigenvalue weighted by atomic mass is 10.1. The number of ether oxygens (including phenoxy) is 1. The molecule has 1 atom stereocenters. The molecule has 0 amide bonds. The van der Waals surface area contributed by atoms with Crippen LogP contribution in [0, 0.1) is 5.82 Å². The molecule has 0 radical (unpaired) electrons. The highest BCUT2D eigenvalue weighted by Gasteiger charge is 2.19. The van der Waals surface area contributed by atoms with Crippen molar-refractivity contribution < 1.29 is 9.13 Å². The predicted octanol–water partition coefficient (Wildman–Crippen LogP) is 1.69. The van der Waals surface area contributed by atoms with Gasteiger partial charge in [-0.25, -0.2) is 4.39 Å². The average molecular weight is 254 g/mol. The zero-order valence-electron chi connectivity index (χ0n) is 9.65. The first-order valence-corrected chi connectivity index (χ1v) is 5.94. The van der Waals surface area contributed by atoms with Crippen molar-refractivity contribution >= 4 is 22.9 Å². The molecule has 2 rings (SSSR count). The summed E-state index contributed by atoms with van der Waals surface area (Å²) in [6, 6.07) is 4.86. The van der Waals surface area contributed by atoms with E-state index >= 15 is 0 Å². The number of benzene rings is 1. The van der Waals surface area contributed by atoms with Crippen molar-refractivity contribution in [2.24, 2.45) is 5.73 Å². The molecule has 0 saturated carbocycles. The molecular formula is C12H15FN2OS. The summed E-state index contributed by atoms with van der Waals surface area (Å²) in [4.78, 5) is 2.19. The molecule has 0 spiro atoms. The second-order valence-electron chi connectivity index (χ2n) is 4.16. The summed E-state index contributed by atoms with van der Waals surface area (Å²) >= 11 is 4.82. The van der Waals surface area contributed by atoms with E-state index in [1.54, 1.807) is 12.1 Å². The van der Waals surface area contributed by atoms with E-state index in [2.05, 4.69) is 0 Å². The molecule has 2 N–H and O–H groups in total. The maximum Gasteiger partial charge on any atom is 0.147 e. The number of hydrogen-bond acceptors (Lipinski definition) is 3. The lowest BCUT2D eigenvalue weighted by Gasteiger charge is -2.33. The minimum atomic E-state index is -0.288. The Bertz CT molecular complexity index is 439. The van der Waals surface area contributed by atoms with Gasteiger partial charge in [0, 0.05) is 18.7 Å². The Labute approximate surface area is 105 Å². The Morgan fingerprint density at radius 1 is 1.59 bits per heavy atom. The molecule has 1 saturated heterocycles. The van der Waals surface area contributed by atoms with Gasteiger partial charge in [-0.1, -0.05) is 12.2 Å². The number of morpholine rings is 1. The highest BCUT2D eigenvalue weighted by Crippen LogP contribution is 2.22. The number of thiocarbonyl (C=S) groups is 1. The maximum absolute atomic E-state index is 13.9. The van der Waals surface area contributed by atoms with Crippen molar-refractivity contribution in [1.29, 1.82) is 0 Å². The van der Waals surface area contributed by atoms with Crippen LogP contribution in [0.15, 0.2) is 18.2 Å². The van der Waals surface area contributed by atoms with Gasteiger partial charge in [-0.05, 0) is 25.1 Å². The second-order valence-corrected chi connectivity index (χ2v) is 4.60. The fourth-order valence-corrected chi connectivity index (χ4v) is 2.08. The van der Waals surface area contributed by atoms with Crippen molar-refractivity contribution in [3.8, 4) is 0 Å². The largest absolute Gasteiger partial charge is 0.389 e. The molecule has 17 heavy (non-hydrogen) atoms. The summed E-state index contributed by atoms with van der Waals surface area (Å²) < 4.78 is 19.4. The fourth-order valence-electron chi connectivity index (χ4n) is 1.95. The normalized spacial score (nSPS) is 20.4. The van der Waals surface area contributed by atoms with Gasteiger partial charge in [-0.15, -0.1) is 0 Å². The number of rotatable bonds is 2. The molecule has 0 bridgehead atoms. The number of halogens is 1. The molecule has 0 aromatic heterocycles. The van der Waals surface area contributed by atoms with Gasteiger partial charge in [0.15, 0.2) is 0 Å². The molecule has 1 aliphatic heterocycles. The molecular weight excluding hydrogens is 239 g/mol. The summed E-state index contributed by atoms with van der Waals surface area (Å²) in [5.74, 6) is -0.288. The SMILES string of the molecule is CC1CN(c2ccc(C(N)=S)cc2F)CCO1. The topological polar surface area (TPSA) is 38.5 Å². The molecule has 1 aromatic carbocycles. The van der Waals surface area contributed by atoms with Crippen LogP contribution < -0.4 is 10.6 Å². The molecule has 1 fully saturated rings. The van der Waals surface area contributed by atoms with Gasteiger partial charge in [-0.3, -0.25) is 0 Å². The van der Waals surface area contributed by atoms with E-state index in [1.807, 2.05) is 11.8 Å². The lowest BCUT2D eigenvalue weighted by Crippen LogP contribution is -2.41. The van der Waals surface area contributed by atoms with Gasteiger partial charge < -0.3 is 15.4 Å². The number of nitrogens with zero attached hydrogens (tertiary/aromatic N) is 1. The van der Waals surface area contributed by atoms with E-state index < -0.39 is 0 Å². The first-order chi connectivity index (χ1) is 8.08. The summed E-state index contributed by atoms with van der Waals surface area (Å²) in [5.41, 5.74) is 6.61.